The lowest BCUT2D eigenvalue weighted by Gasteiger charge is -2.29. The molecule has 0 spiro atoms. The number of carbonyl (C=O) groups excluding carboxylic acids is 3. The van der Waals surface area contributed by atoms with E-state index in [9.17, 15) is 14.4 Å². The predicted molar refractivity (Wildman–Crippen MR) is 115 cm³/mol. The minimum atomic E-state index is -0.636. The third-order valence-corrected chi connectivity index (χ3v) is 6.06. The molecular formula is C25H22N2O4. The van der Waals surface area contributed by atoms with Gasteiger partial charge in [-0.05, 0) is 47.4 Å². The first kappa shape index (κ1) is 19.3. The number of benzene rings is 3. The first-order chi connectivity index (χ1) is 15.0. The number of fused-ring (bicyclic) bond motifs is 2. The Balaban J connectivity index is 1.40. The lowest BCUT2D eigenvalue weighted by Crippen LogP contribution is -2.52. The molecule has 2 heterocycles. The molecule has 3 aromatic carbocycles. The Morgan fingerprint density at radius 3 is 2.61 bits per heavy atom. The first-order valence-corrected chi connectivity index (χ1v) is 10.4. The van der Waals surface area contributed by atoms with Crippen molar-refractivity contribution in [3.05, 3.63) is 77.4 Å². The number of nitrogens with zero attached hydrogens (tertiary/aromatic N) is 1. The summed E-state index contributed by atoms with van der Waals surface area (Å²) in [5.74, 6) is -0.424. The van der Waals surface area contributed by atoms with Gasteiger partial charge in [-0.15, -0.1) is 0 Å². The van der Waals surface area contributed by atoms with Crippen molar-refractivity contribution >= 4 is 28.5 Å². The zero-order chi connectivity index (χ0) is 21.5. The second-order valence-corrected chi connectivity index (χ2v) is 8.06. The van der Waals surface area contributed by atoms with Crippen LogP contribution in [0.1, 0.15) is 47.4 Å². The van der Waals surface area contributed by atoms with E-state index in [1.807, 2.05) is 37.3 Å². The Bertz CT molecular complexity index is 1220. The lowest BCUT2D eigenvalue weighted by atomic mass is 10.0. The van der Waals surface area contributed by atoms with E-state index in [0.717, 1.165) is 21.9 Å². The molecule has 1 N–H and O–H groups in total. The molecule has 3 aromatic rings. The van der Waals surface area contributed by atoms with Gasteiger partial charge in [-0.2, -0.15) is 0 Å². The number of ether oxygens (including phenoxy) is 1. The van der Waals surface area contributed by atoms with Crippen LogP contribution in [0.4, 0.5) is 0 Å². The van der Waals surface area contributed by atoms with Crippen LogP contribution in [0.5, 0.6) is 5.75 Å². The van der Waals surface area contributed by atoms with Gasteiger partial charge < -0.3 is 9.64 Å². The third-order valence-electron chi connectivity index (χ3n) is 6.06. The number of nitrogens with one attached hydrogen (secondary N) is 1. The fourth-order valence-electron chi connectivity index (χ4n) is 4.40. The molecule has 2 atom stereocenters. The maximum Gasteiger partial charge on any atom is 0.258 e. The molecule has 2 aliphatic heterocycles. The zero-order valence-electron chi connectivity index (χ0n) is 17.1. The van der Waals surface area contributed by atoms with Gasteiger partial charge in [-0.1, -0.05) is 48.5 Å². The Morgan fingerprint density at radius 2 is 1.81 bits per heavy atom. The maximum atomic E-state index is 13.2. The van der Waals surface area contributed by atoms with Crippen LogP contribution in [0.2, 0.25) is 0 Å². The summed E-state index contributed by atoms with van der Waals surface area (Å²) >= 11 is 0. The Hall–Kier alpha value is -3.67. The highest BCUT2D eigenvalue weighted by Gasteiger charge is 2.40. The maximum absolute atomic E-state index is 13.2. The number of amides is 3. The zero-order valence-corrected chi connectivity index (χ0v) is 17.1. The molecule has 1 fully saturated rings. The second kappa shape index (κ2) is 7.54. The van der Waals surface area contributed by atoms with E-state index in [0.29, 0.717) is 24.3 Å². The van der Waals surface area contributed by atoms with E-state index in [4.69, 9.17) is 4.74 Å². The number of carbonyl (C=O) groups is 3. The van der Waals surface area contributed by atoms with E-state index in [2.05, 4.69) is 29.6 Å². The van der Waals surface area contributed by atoms with Crippen molar-refractivity contribution in [2.24, 2.45) is 0 Å². The van der Waals surface area contributed by atoms with Crippen molar-refractivity contribution in [3.63, 3.8) is 0 Å². The summed E-state index contributed by atoms with van der Waals surface area (Å²) in [6.45, 7) is 2.29. The quantitative estimate of drug-likeness (QED) is 0.660. The van der Waals surface area contributed by atoms with Crippen LogP contribution in [0, 0.1) is 0 Å². The van der Waals surface area contributed by atoms with Gasteiger partial charge in [0.05, 0.1) is 5.56 Å². The molecule has 0 bridgehead atoms. The van der Waals surface area contributed by atoms with E-state index in [-0.39, 0.29) is 24.3 Å². The highest BCUT2D eigenvalue weighted by molar-refractivity contribution is 6.06. The highest BCUT2D eigenvalue weighted by atomic mass is 16.5. The molecule has 2 aliphatic rings. The number of rotatable bonds is 4. The Labute approximate surface area is 179 Å². The smallest absolute Gasteiger partial charge is 0.258 e. The lowest BCUT2D eigenvalue weighted by molar-refractivity contribution is -0.136. The summed E-state index contributed by atoms with van der Waals surface area (Å²) in [7, 11) is 0. The van der Waals surface area contributed by atoms with E-state index in [1.165, 1.54) is 0 Å². The van der Waals surface area contributed by atoms with Crippen LogP contribution in [0.25, 0.3) is 10.8 Å². The molecule has 0 aromatic heterocycles. The van der Waals surface area contributed by atoms with E-state index < -0.39 is 11.9 Å². The van der Waals surface area contributed by atoms with Crippen LogP contribution in [0.3, 0.4) is 0 Å². The SMILES string of the molecule is CC(Oc1cccc2c1C(=O)N(C1CCC(=O)NC1=O)C2)c1ccc2ccccc2c1. The Kier molecular flexibility index (Phi) is 4.70. The van der Waals surface area contributed by atoms with Gasteiger partial charge in [0.15, 0.2) is 0 Å². The van der Waals surface area contributed by atoms with Gasteiger partial charge in [0.1, 0.15) is 17.9 Å². The molecular weight excluding hydrogens is 392 g/mol. The molecule has 5 rings (SSSR count). The van der Waals surface area contributed by atoms with Crippen LogP contribution >= 0.6 is 0 Å². The van der Waals surface area contributed by atoms with Crippen molar-refractivity contribution in [1.82, 2.24) is 10.2 Å². The summed E-state index contributed by atoms with van der Waals surface area (Å²) in [6.07, 6.45) is 0.320. The average molecular weight is 414 g/mol. The molecule has 6 nitrogen and oxygen atoms in total. The topological polar surface area (TPSA) is 75.7 Å². The van der Waals surface area contributed by atoms with Gasteiger partial charge in [0.2, 0.25) is 11.8 Å². The molecule has 6 heteroatoms. The summed E-state index contributed by atoms with van der Waals surface area (Å²) < 4.78 is 6.24. The van der Waals surface area contributed by atoms with Crippen LogP contribution in [-0.4, -0.2) is 28.7 Å². The predicted octanol–water partition coefficient (Wildman–Crippen LogP) is 3.74. The molecule has 1 saturated heterocycles. The van der Waals surface area contributed by atoms with Crippen LogP contribution < -0.4 is 10.1 Å². The summed E-state index contributed by atoms with van der Waals surface area (Å²) in [5.41, 5.74) is 2.35. The van der Waals surface area contributed by atoms with E-state index in [1.54, 1.807) is 11.0 Å². The molecule has 0 radical (unpaired) electrons. The van der Waals surface area contributed by atoms with Gasteiger partial charge >= 0.3 is 0 Å². The number of imide groups is 1. The number of hydrogen-bond donors (Lipinski definition) is 1. The van der Waals surface area contributed by atoms with Crippen LogP contribution in [0.15, 0.2) is 60.7 Å². The number of piperidine rings is 1. The Morgan fingerprint density at radius 1 is 1.00 bits per heavy atom. The highest BCUT2D eigenvalue weighted by Crippen LogP contribution is 2.35. The van der Waals surface area contributed by atoms with Gasteiger partial charge in [0, 0.05) is 13.0 Å². The van der Waals surface area contributed by atoms with Gasteiger partial charge in [0.25, 0.3) is 5.91 Å². The molecule has 156 valence electrons. The van der Waals surface area contributed by atoms with Crippen LogP contribution in [-0.2, 0) is 16.1 Å². The van der Waals surface area contributed by atoms with Gasteiger partial charge in [-0.25, -0.2) is 0 Å². The van der Waals surface area contributed by atoms with Gasteiger partial charge in [-0.3, -0.25) is 19.7 Å². The summed E-state index contributed by atoms with van der Waals surface area (Å²) in [4.78, 5) is 38.5. The summed E-state index contributed by atoms with van der Waals surface area (Å²) in [6, 6.07) is 19.2. The molecule has 3 amide bonds. The minimum Gasteiger partial charge on any atom is -0.485 e. The number of hydrogen-bond acceptors (Lipinski definition) is 4. The standard InChI is InChI=1S/C25H22N2O4/c1-15(17-10-9-16-5-2-3-6-18(16)13-17)31-21-8-4-7-19-14-27(25(30)23(19)21)20-11-12-22(28)26-24(20)29/h2-10,13,15,20H,11-12,14H2,1H3,(H,26,28,29). The second-order valence-electron chi connectivity index (χ2n) is 8.06. The normalized spacial score (nSPS) is 19.3. The first-order valence-electron chi connectivity index (χ1n) is 10.4. The fraction of sp³-hybridized carbons (Fsp3) is 0.240. The monoisotopic (exact) mass is 414 g/mol. The minimum absolute atomic E-state index is 0.231. The summed E-state index contributed by atoms with van der Waals surface area (Å²) in [5, 5.41) is 4.63. The van der Waals surface area contributed by atoms with E-state index >= 15 is 0 Å². The molecule has 2 unspecified atom stereocenters. The van der Waals surface area contributed by atoms with Crippen molar-refractivity contribution in [1.29, 1.82) is 0 Å². The average Bonchev–Trinajstić information content (AvgIpc) is 3.10. The van der Waals surface area contributed by atoms with Crippen molar-refractivity contribution in [3.8, 4) is 5.75 Å². The van der Waals surface area contributed by atoms with Crippen molar-refractivity contribution in [2.75, 3.05) is 0 Å². The largest absolute Gasteiger partial charge is 0.485 e. The van der Waals surface area contributed by atoms with Crippen molar-refractivity contribution < 1.29 is 19.1 Å². The molecule has 31 heavy (non-hydrogen) atoms. The van der Waals surface area contributed by atoms with Crippen molar-refractivity contribution in [2.45, 2.75) is 38.5 Å². The molecule has 0 saturated carbocycles. The third kappa shape index (κ3) is 3.44. The molecule has 0 aliphatic carbocycles. The fourth-order valence-corrected chi connectivity index (χ4v) is 4.40.